The van der Waals surface area contributed by atoms with Gasteiger partial charge >= 0.3 is 0 Å². The first-order chi connectivity index (χ1) is 9.43. The molecule has 1 aliphatic rings. The van der Waals surface area contributed by atoms with Crippen molar-refractivity contribution in [2.24, 2.45) is 5.41 Å². The molecule has 0 atom stereocenters. The smallest absolute Gasteiger partial charge is 0.128 e. The predicted molar refractivity (Wildman–Crippen MR) is 86.5 cm³/mol. The van der Waals surface area contributed by atoms with E-state index in [2.05, 4.69) is 42.2 Å². The molecule has 0 amide bonds. The van der Waals surface area contributed by atoms with Crippen LogP contribution in [0.3, 0.4) is 0 Å². The SMILES string of the molecule is CNCc1cc(N(C)C2CCC(C)(C)CC2)ncc1Cl. The first-order valence-electron chi connectivity index (χ1n) is 7.45. The highest BCUT2D eigenvalue weighted by Crippen LogP contribution is 2.37. The van der Waals surface area contributed by atoms with Crippen LogP contribution in [0.15, 0.2) is 12.3 Å². The van der Waals surface area contributed by atoms with E-state index in [0.29, 0.717) is 11.5 Å². The number of pyridine rings is 1. The quantitative estimate of drug-likeness (QED) is 0.914. The van der Waals surface area contributed by atoms with Crippen LogP contribution in [0.5, 0.6) is 0 Å². The zero-order valence-corrected chi connectivity index (χ0v) is 13.8. The first kappa shape index (κ1) is 15.6. The molecular weight excluding hydrogens is 270 g/mol. The summed E-state index contributed by atoms with van der Waals surface area (Å²) < 4.78 is 0. The van der Waals surface area contributed by atoms with Gasteiger partial charge < -0.3 is 10.2 Å². The summed E-state index contributed by atoms with van der Waals surface area (Å²) in [6.45, 7) is 5.52. The second-order valence-corrected chi connectivity index (χ2v) is 7.08. The van der Waals surface area contributed by atoms with Crippen LogP contribution in [-0.2, 0) is 6.54 Å². The highest BCUT2D eigenvalue weighted by atomic mass is 35.5. The lowest BCUT2D eigenvalue weighted by Gasteiger charge is -2.39. The number of hydrogen-bond donors (Lipinski definition) is 1. The van der Waals surface area contributed by atoms with Gasteiger partial charge in [-0.1, -0.05) is 25.4 Å². The van der Waals surface area contributed by atoms with Crippen molar-refractivity contribution in [3.8, 4) is 0 Å². The summed E-state index contributed by atoms with van der Waals surface area (Å²) in [5, 5.41) is 3.89. The molecule has 2 rings (SSSR count). The molecule has 20 heavy (non-hydrogen) atoms. The zero-order valence-electron chi connectivity index (χ0n) is 13.0. The van der Waals surface area contributed by atoms with Gasteiger partial charge in [0.25, 0.3) is 0 Å². The molecule has 0 aromatic carbocycles. The summed E-state index contributed by atoms with van der Waals surface area (Å²) in [6, 6.07) is 2.71. The van der Waals surface area contributed by atoms with Crippen LogP contribution < -0.4 is 10.2 Å². The maximum Gasteiger partial charge on any atom is 0.128 e. The molecular formula is C16H26ClN3. The first-order valence-corrected chi connectivity index (χ1v) is 7.82. The van der Waals surface area contributed by atoms with E-state index in [9.17, 15) is 0 Å². The van der Waals surface area contributed by atoms with Crippen molar-refractivity contribution in [3.05, 3.63) is 22.8 Å². The second kappa shape index (κ2) is 6.31. The minimum Gasteiger partial charge on any atom is -0.357 e. The third-order valence-electron chi connectivity index (χ3n) is 4.51. The lowest BCUT2D eigenvalue weighted by atomic mass is 9.75. The minimum atomic E-state index is 0.502. The van der Waals surface area contributed by atoms with Crippen LogP contribution in [-0.4, -0.2) is 25.1 Å². The molecule has 1 aromatic rings. The van der Waals surface area contributed by atoms with Crippen LogP contribution in [0.4, 0.5) is 5.82 Å². The number of nitrogens with zero attached hydrogens (tertiary/aromatic N) is 2. The van der Waals surface area contributed by atoms with Crippen molar-refractivity contribution in [3.63, 3.8) is 0 Å². The Bertz CT molecular complexity index is 449. The zero-order chi connectivity index (χ0) is 14.8. The molecule has 0 saturated heterocycles. The number of hydrogen-bond acceptors (Lipinski definition) is 3. The fourth-order valence-electron chi connectivity index (χ4n) is 2.94. The van der Waals surface area contributed by atoms with Gasteiger partial charge in [-0.3, -0.25) is 0 Å². The molecule has 0 radical (unpaired) electrons. The third-order valence-corrected chi connectivity index (χ3v) is 4.85. The Hall–Kier alpha value is -0.800. The lowest BCUT2D eigenvalue weighted by molar-refractivity contribution is 0.222. The van der Waals surface area contributed by atoms with Gasteiger partial charge in [0, 0.05) is 25.8 Å². The van der Waals surface area contributed by atoms with Crippen LogP contribution in [0.25, 0.3) is 0 Å². The maximum absolute atomic E-state index is 6.18. The molecule has 1 saturated carbocycles. The van der Waals surface area contributed by atoms with Crippen LogP contribution in [0.2, 0.25) is 5.02 Å². The van der Waals surface area contributed by atoms with Crippen LogP contribution in [0, 0.1) is 5.41 Å². The third kappa shape index (κ3) is 3.64. The van der Waals surface area contributed by atoms with E-state index < -0.39 is 0 Å². The molecule has 112 valence electrons. The van der Waals surface area contributed by atoms with E-state index >= 15 is 0 Å². The molecule has 1 aliphatic carbocycles. The number of rotatable bonds is 4. The summed E-state index contributed by atoms with van der Waals surface area (Å²) in [5.41, 5.74) is 1.62. The Kier molecular flexibility index (Phi) is 4.92. The Morgan fingerprint density at radius 1 is 1.40 bits per heavy atom. The molecule has 0 spiro atoms. The van der Waals surface area contributed by atoms with E-state index in [0.717, 1.165) is 22.9 Å². The van der Waals surface area contributed by atoms with Crippen LogP contribution in [0.1, 0.15) is 45.1 Å². The summed E-state index contributed by atoms with van der Waals surface area (Å²) in [6.07, 6.45) is 6.84. The Morgan fingerprint density at radius 3 is 2.65 bits per heavy atom. The van der Waals surface area contributed by atoms with Crippen molar-refractivity contribution < 1.29 is 0 Å². The average molecular weight is 296 g/mol. The normalized spacial score (nSPS) is 19.1. The Morgan fingerprint density at radius 2 is 2.05 bits per heavy atom. The molecule has 0 bridgehead atoms. The minimum absolute atomic E-state index is 0.502. The predicted octanol–water partition coefficient (Wildman–Crippen LogP) is 3.86. The van der Waals surface area contributed by atoms with Gasteiger partial charge in [-0.2, -0.15) is 0 Å². The van der Waals surface area contributed by atoms with Gasteiger partial charge in [0.2, 0.25) is 0 Å². The van der Waals surface area contributed by atoms with Crippen molar-refractivity contribution >= 4 is 17.4 Å². The highest BCUT2D eigenvalue weighted by Gasteiger charge is 2.29. The number of anilines is 1. The van der Waals surface area contributed by atoms with Gasteiger partial charge in [0.05, 0.1) is 5.02 Å². The summed E-state index contributed by atoms with van der Waals surface area (Å²) >= 11 is 6.18. The molecule has 1 N–H and O–H groups in total. The monoisotopic (exact) mass is 295 g/mol. The summed E-state index contributed by atoms with van der Waals surface area (Å²) in [4.78, 5) is 6.82. The Balaban J connectivity index is 2.09. The molecule has 4 heteroatoms. The van der Waals surface area contributed by atoms with Gasteiger partial charge in [-0.25, -0.2) is 4.98 Å². The molecule has 1 fully saturated rings. The second-order valence-electron chi connectivity index (χ2n) is 6.67. The molecule has 1 heterocycles. The summed E-state index contributed by atoms with van der Waals surface area (Å²) in [5.74, 6) is 1.03. The van der Waals surface area contributed by atoms with Crippen molar-refractivity contribution in [1.82, 2.24) is 10.3 Å². The fourth-order valence-corrected chi connectivity index (χ4v) is 3.12. The Labute approximate surface area is 127 Å². The van der Waals surface area contributed by atoms with E-state index in [-0.39, 0.29) is 0 Å². The van der Waals surface area contributed by atoms with Crippen molar-refractivity contribution in [1.29, 1.82) is 0 Å². The number of nitrogens with one attached hydrogen (secondary N) is 1. The number of halogens is 1. The average Bonchev–Trinajstić information content (AvgIpc) is 2.41. The van der Waals surface area contributed by atoms with Gasteiger partial charge in [-0.15, -0.1) is 0 Å². The molecule has 0 unspecified atom stereocenters. The maximum atomic E-state index is 6.18. The van der Waals surface area contributed by atoms with Crippen molar-refractivity contribution in [2.45, 2.75) is 52.1 Å². The van der Waals surface area contributed by atoms with Crippen molar-refractivity contribution in [2.75, 3.05) is 19.0 Å². The molecule has 1 aromatic heterocycles. The topological polar surface area (TPSA) is 28.2 Å². The van der Waals surface area contributed by atoms with E-state index in [1.54, 1.807) is 6.20 Å². The van der Waals surface area contributed by atoms with Gasteiger partial charge in [0.15, 0.2) is 0 Å². The highest BCUT2D eigenvalue weighted by molar-refractivity contribution is 6.31. The van der Waals surface area contributed by atoms with E-state index in [1.165, 1.54) is 25.7 Å². The van der Waals surface area contributed by atoms with Crippen LogP contribution >= 0.6 is 11.6 Å². The van der Waals surface area contributed by atoms with Gasteiger partial charge in [-0.05, 0) is 49.8 Å². The van der Waals surface area contributed by atoms with Gasteiger partial charge in [0.1, 0.15) is 5.82 Å². The van der Waals surface area contributed by atoms with E-state index in [1.807, 2.05) is 7.05 Å². The standard InChI is InChI=1S/C16H26ClN3/c1-16(2)7-5-13(6-8-16)20(4)15-9-12(10-18-3)14(17)11-19-15/h9,11,13,18H,5-8,10H2,1-4H3. The summed E-state index contributed by atoms with van der Waals surface area (Å²) in [7, 11) is 4.09. The largest absolute Gasteiger partial charge is 0.357 e. The molecule has 0 aliphatic heterocycles. The van der Waals surface area contributed by atoms with E-state index in [4.69, 9.17) is 11.6 Å². The molecule has 3 nitrogen and oxygen atoms in total. The fraction of sp³-hybridized carbons (Fsp3) is 0.688. The lowest BCUT2D eigenvalue weighted by Crippen LogP contribution is -2.37. The number of aromatic nitrogens is 1.